The van der Waals surface area contributed by atoms with Crippen molar-refractivity contribution in [2.45, 2.75) is 31.6 Å². The Morgan fingerprint density at radius 3 is 2.70 bits per heavy atom. The first kappa shape index (κ1) is 28.8. The Balaban J connectivity index is 1.59. The number of piperidine rings is 1. The van der Waals surface area contributed by atoms with Crippen LogP contribution in [0.1, 0.15) is 39.1 Å². The minimum Gasteiger partial charge on any atom is -0.495 e. The number of anilines is 1. The number of hydrogen-bond donors (Lipinski definition) is 3. The topological polar surface area (TPSA) is 101 Å². The van der Waals surface area contributed by atoms with Crippen molar-refractivity contribution in [3.63, 3.8) is 0 Å². The fraction of sp³-hybridized carbons (Fsp3) is 0.393. The number of alkyl halides is 3. The highest BCUT2D eigenvalue weighted by Crippen LogP contribution is 2.26. The van der Waals surface area contributed by atoms with Crippen molar-refractivity contribution in [2.24, 2.45) is 0 Å². The Morgan fingerprint density at radius 2 is 2.00 bits per heavy atom. The number of rotatable bonds is 7. The Morgan fingerprint density at radius 1 is 1.20 bits per heavy atom. The van der Waals surface area contributed by atoms with Gasteiger partial charge in [-0.2, -0.15) is 13.2 Å². The number of benzene rings is 2. The number of methoxy groups -OCH3 is 1. The summed E-state index contributed by atoms with van der Waals surface area (Å²) in [7, 11) is 5.00. The number of likely N-dealkylation sites (N-methyl/N-ethyl adjacent to an activating group) is 1. The van der Waals surface area contributed by atoms with Crippen molar-refractivity contribution < 1.29 is 27.5 Å². The molecule has 0 aliphatic carbocycles. The molecule has 4 rings (SSSR count). The van der Waals surface area contributed by atoms with E-state index >= 15 is 0 Å². The molecule has 1 fully saturated rings. The van der Waals surface area contributed by atoms with Gasteiger partial charge in [-0.15, -0.1) is 0 Å². The monoisotopic (exact) mass is 556 g/mol. The third-order valence-electron chi connectivity index (χ3n) is 6.57. The van der Waals surface area contributed by atoms with Gasteiger partial charge in [-0.3, -0.25) is 9.59 Å². The molecule has 0 radical (unpaired) electrons. The fourth-order valence-corrected chi connectivity index (χ4v) is 4.68. The second-order valence-electron chi connectivity index (χ2n) is 9.60. The van der Waals surface area contributed by atoms with Crippen LogP contribution in [0.2, 0.25) is 0 Å². The van der Waals surface area contributed by atoms with Crippen LogP contribution in [0.15, 0.2) is 36.7 Å². The molecule has 1 atom stereocenters. The Kier molecular flexibility index (Phi) is 8.84. The Labute approximate surface area is 230 Å². The highest BCUT2D eigenvalue weighted by Gasteiger charge is 2.29. The average molecular weight is 557 g/mol. The lowest BCUT2D eigenvalue weighted by Gasteiger charge is -2.30. The maximum atomic E-state index is 13.3. The van der Waals surface area contributed by atoms with Gasteiger partial charge in [0.1, 0.15) is 17.8 Å². The lowest BCUT2D eigenvalue weighted by atomic mass is 10.0. The number of carbonyl (C=O) groups excluding carboxylic acids is 2. The van der Waals surface area contributed by atoms with Crippen molar-refractivity contribution in [3.8, 4) is 17.6 Å². The van der Waals surface area contributed by atoms with E-state index in [4.69, 9.17) is 4.74 Å². The Bertz CT molecular complexity index is 1460. The minimum atomic E-state index is -4.46. The Hall–Kier alpha value is -4.24. The van der Waals surface area contributed by atoms with Crippen molar-refractivity contribution in [3.05, 3.63) is 53.3 Å². The van der Waals surface area contributed by atoms with Gasteiger partial charge in [-0.25, -0.2) is 4.98 Å². The molecular formula is C28H31F3N6O3. The average Bonchev–Trinajstić information content (AvgIpc) is 3.31. The maximum Gasteiger partial charge on any atom is 0.406 e. The molecule has 0 saturated carbocycles. The molecule has 1 aliphatic heterocycles. The summed E-state index contributed by atoms with van der Waals surface area (Å²) in [6, 6.07) is 7.92. The largest absolute Gasteiger partial charge is 0.495 e. The number of nitrogens with zero attached hydrogens (tertiary/aromatic N) is 3. The van der Waals surface area contributed by atoms with E-state index in [2.05, 4.69) is 37.7 Å². The molecule has 0 spiro atoms. The lowest BCUT2D eigenvalue weighted by Crippen LogP contribution is -2.46. The van der Waals surface area contributed by atoms with E-state index in [9.17, 15) is 22.8 Å². The minimum absolute atomic E-state index is 0.0673. The molecule has 212 valence electrons. The zero-order valence-electron chi connectivity index (χ0n) is 22.5. The first-order valence-corrected chi connectivity index (χ1v) is 12.8. The zero-order chi connectivity index (χ0) is 28.9. The number of halogens is 3. The van der Waals surface area contributed by atoms with Crippen LogP contribution < -0.4 is 20.7 Å². The smallest absolute Gasteiger partial charge is 0.406 e. The van der Waals surface area contributed by atoms with Gasteiger partial charge >= 0.3 is 6.18 Å². The van der Waals surface area contributed by atoms with Crippen LogP contribution in [0, 0.1) is 11.8 Å². The number of imidazole rings is 1. The van der Waals surface area contributed by atoms with Gasteiger partial charge < -0.3 is 30.2 Å². The summed E-state index contributed by atoms with van der Waals surface area (Å²) in [5.41, 5.74) is 1.97. The number of likely N-dealkylation sites (tertiary alicyclic amines) is 1. The number of nitrogens with one attached hydrogen (secondary N) is 3. The number of hydrogen-bond acceptors (Lipinski definition) is 6. The quantitative estimate of drug-likeness (QED) is 0.387. The maximum absolute atomic E-state index is 13.3. The lowest BCUT2D eigenvalue weighted by molar-refractivity contribution is -0.139. The molecule has 1 unspecified atom stereocenters. The second kappa shape index (κ2) is 12.3. The third-order valence-corrected chi connectivity index (χ3v) is 6.57. The van der Waals surface area contributed by atoms with Crippen LogP contribution in [-0.2, 0) is 6.54 Å². The SMILES string of the molecule is CNC(=O)c1ccc(NCC#Cc2cc(C(=O)NC3CCCN(C)C3)c3ncn(CC(F)(F)F)c3c2)c(OC)c1. The second-order valence-corrected chi connectivity index (χ2v) is 9.60. The molecular weight excluding hydrogens is 525 g/mol. The molecule has 12 heteroatoms. The van der Waals surface area contributed by atoms with Crippen molar-refractivity contribution >= 4 is 28.5 Å². The summed E-state index contributed by atoms with van der Waals surface area (Å²) >= 11 is 0. The molecule has 1 saturated heterocycles. The molecule has 40 heavy (non-hydrogen) atoms. The van der Waals surface area contributed by atoms with Crippen molar-refractivity contribution in [1.29, 1.82) is 0 Å². The van der Waals surface area contributed by atoms with E-state index in [1.165, 1.54) is 20.2 Å². The van der Waals surface area contributed by atoms with E-state index < -0.39 is 18.6 Å². The summed E-state index contributed by atoms with van der Waals surface area (Å²) in [4.78, 5) is 31.4. The first-order chi connectivity index (χ1) is 19.1. The molecule has 1 aromatic heterocycles. The van der Waals surface area contributed by atoms with Crippen LogP contribution >= 0.6 is 0 Å². The van der Waals surface area contributed by atoms with Gasteiger partial charge in [-0.1, -0.05) is 11.8 Å². The van der Waals surface area contributed by atoms with Gasteiger partial charge in [0.25, 0.3) is 11.8 Å². The molecule has 1 aliphatic rings. The normalized spacial score (nSPS) is 15.7. The van der Waals surface area contributed by atoms with Crippen molar-refractivity contribution in [1.82, 2.24) is 25.1 Å². The summed E-state index contributed by atoms with van der Waals surface area (Å²) < 4.78 is 46.0. The summed E-state index contributed by atoms with van der Waals surface area (Å²) in [6.45, 7) is 0.575. The van der Waals surface area contributed by atoms with Gasteiger partial charge in [0.2, 0.25) is 0 Å². The third kappa shape index (κ3) is 7.04. The van der Waals surface area contributed by atoms with Gasteiger partial charge in [0.05, 0.1) is 36.7 Å². The summed E-state index contributed by atoms with van der Waals surface area (Å²) in [5.74, 6) is 5.69. The number of aromatic nitrogens is 2. The predicted octanol–water partition coefficient (Wildman–Crippen LogP) is 3.25. The van der Waals surface area contributed by atoms with Crippen LogP contribution in [-0.4, -0.2) is 79.3 Å². The van der Waals surface area contributed by atoms with E-state index in [0.717, 1.165) is 30.3 Å². The van der Waals surface area contributed by atoms with Crippen LogP contribution in [0.25, 0.3) is 11.0 Å². The molecule has 2 heterocycles. The number of fused-ring (bicyclic) bond motifs is 1. The predicted molar refractivity (Wildman–Crippen MR) is 146 cm³/mol. The van der Waals surface area contributed by atoms with E-state index in [1.54, 1.807) is 24.3 Å². The molecule has 2 amide bonds. The zero-order valence-corrected chi connectivity index (χ0v) is 22.5. The summed E-state index contributed by atoms with van der Waals surface area (Å²) in [5, 5.41) is 8.66. The molecule has 3 N–H and O–H groups in total. The molecule has 3 aromatic rings. The standard InChI is InChI=1S/C28H31F3N6O3/c1-32-26(38)19-8-9-22(24(14-19)40-3)33-10-4-6-18-12-21(27(39)35-20-7-5-11-36(2)15-20)25-23(13-18)37(17-34-25)16-28(29,30)31/h8-9,12-14,17,20,33H,5,7,10-11,15-16H2,1-3H3,(H,32,38)(H,35,39). The van der Waals surface area contributed by atoms with E-state index in [-0.39, 0.29) is 35.1 Å². The van der Waals surface area contributed by atoms with Crippen LogP contribution in [0.3, 0.4) is 0 Å². The van der Waals surface area contributed by atoms with Crippen LogP contribution in [0.4, 0.5) is 18.9 Å². The highest BCUT2D eigenvalue weighted by molar-refractivity contribution is 6.05. The highest BCUT2D eigenvalue weighted by atomic mass is 19.4. The number of amides is 2. The molecule has 9 nitrogen and oxygen atoms in total. The van der Waals surface area contributed by atoms with Crippen molar-refractivity contribution in [2.75, 3.05) is 46.2 Å². The fourth-order valence-electron chi connectivity index (χ4n) is 4.68. The van der Waals surface area contributed by atoms with Crippen LogP contribution in [0.5, 0.6) is 5.75 Å². The molecule has 2 aromatic carbocycles. The van der Waals surface area contributed by atoms with E-state index in [1.807, 2.05) is 7.05 Å². The number of ether oxygens (including phenoxy) is 1. The van der Waals surface area contributed by atoms with Gasteiger partial charge in [-0.05, 0) is 56.8 Å². The van der Waals surface area contributed by atoms with Gasteiger partial charge in [0, 0.05) is 30.8 Å². The molecule has 0 bridgehead atoms. The number of carbonyl (C=O) groups is 2. The van der Waals surface area contributed by atoms with E-state index in [0.29, 0.717) is 29.1 Å². The van der Waals surface area contributed by atoms with Gasteiger partial charge in [0.15, 0.2) is 0 Å². The summed E-state index contributed by atoms with van der Waals surface area (Å²) in [6.07, 6.45) is -1.60. The first-order valence-electron chi connectivity index (χ1n) is 12.8.